The maximum Gasteiger partial charge on any atom is 0.253 e. The van der Waals surface area contributed by atoms with E-state index in [1.54, 1.807) is 17.0 Å². The molecule has 0 bridgehead atoms. The molecule has 152 valence electrons. The third-order valence-corrected chi connectivity index (χ3v) is 7.67. The van der Waals surface area contributed by atoms with Crippen LogP contribution in [0.5, 0.6) is 0 Å². The minimum Gasteiger partial charge on any atom is -0.342 e. The van der Waals surface area contributed by atoms with Crippen LogP contribution in [0.15, 0.2) is 46.7 Å². The number of benzene rings is 1. The Morgan fingerprint density at radius 3 is 2.50 bits per heavy atom. The van der Waals surface area contributed by atoms with Gasteiger partial charge in [0.1, 0.15) is 0 Å². The highest BCUT2D eigenvalue weighted by Gasteiger charge is 2.18. The van der Waals surface area contributed by atoms with Crippen molar-refractivity contribution in [3.8, 4) is 0 Å². The number of rotatable bonds is 8. The number of carbonyl (C=O) groups excluding carboxylic acids is 1. The van der Waals surface area contributed by atoms with Crippen LogP contribution >= 0.6 is 11.3 Å². The number of nitrogens with one attached hydrogen (secondary N) is 1. The first kappa shape index (κ1) is 21.0. The van der Waals surface area contributed by atoms with Crippen molar-refractivity contribution in [2.45, 2.75) is 50.0 Å². The summed E-state index contributed by atoms with van der Waals surface area (Å²) in [7, 11) is -1.77. The highest BCUT2D eigenvalue weighted by atomic mass is 32.2. The molecule has 1 amide bonds. The molecule has 0 atom stereocenters. The van der Waals surface area contributed by atoms with E-state index < -0.39 is 10.0 Å². The van der Waals surface area contributed by atoms with E-state index >= 15 is 0 Å². The van der Waals surface area contributed by atoms with Crippen molar-refractivity contribution in [1.82, 2.24) is 9.62 Å². The zero-order valence-electron chi connectivity index (χ0n) is 16.3. The minimum absolute atomic E-state index is 0.0636. The fraction of sp³-hybridized carbons (Fsp3) is 0.476. The van der Waals surface area contributed by atoms with Crippen LogP contribution in [0.25, 0.3) is 0 Å². The van der Waals surface area contributed by atoms with Crippen LogP contribution in [0.2, 0.25) is 0 Å². The fourth-order valence-corrected chi connectivity index (χ4v) is 5.36. The predicted octanol–water partition coefficient (Wildman–Crippen LogP) is 4.27. The number of amides is 1. The molecule has 1 aromatic carbocycles. The first-order chi connectivity index (χ1) is 13.5. The number of thiophene rings is 1. The molecule has 1 saturated carbocycles. The van der Waals surface area contributed by atoms with Gasteiger partial charge in [-0.3, -0.25) is 4.79 Å². The van der Waals surface area contributed by atoms with E-state index in [1.165, 1.54) is 55.6 Å². The summed E-state index contributed by atoms with van der Waals surface area (Å²) in [4.78, 5) is 15.5. The van der Waals surface area contributed by atoms with Crippen molar-refractivity contribution in [1.29, 1.82) is 0 Å². The summed E-state index contributed by atoms with van der Waals surface area (Å²) in [6, 6.07) is 9.97. The van der Waals surface area contributed by atoms with Gasteiger partial charge in [-0.15, -0.1) is 11.3 Å². The van der Waals surface area contributed by atoms with Crippen molar-refractivity contribution in [2.24, 2.45) is 5.92 Å². The Kier molecular flexibility index (Phi) is 7.26. The number of carbonyl (C=O) groups is 1. The summed E-state index contributed by atoms with van der Waals surface area (Å²) in [6.45, 7) is 1.01. The second-order valence-electron chi connectivity index (χ2n) is 7.45. The topological polar surface area (TPSA) is 66.5 Å². The highest BCUT2D eigenvalue weighted by molar-refractivity contribution is 7.89. The molecule has 28 heavy (non-hydrogen) atoms. The maximum absolute atomic E-state index is 12.6. The van der Waals surface area contributed by atoms with Crippen molar-refractivity contribution < 1.29 is 13.2 Å². The van der Waals surface area contributed by atoms with Crippen LogP contribution in [-0.4, -0.2) is 32.8 Å². The monoisotopic (exact) mass is 420 g/mol. The van der Waals surface area contributed by atoms with Gasteiger partial charge in [-0.2, -0.15) is 0 Å². The molecular formula is C21H28N2O3S2. The highest BCUT2D eigenvalue weighted by Crippen LogP contribution is 2.26. The quantitative estimate of drug-likeness (QED) is 0.693. The lowest BCUT2D eigenvalue weighted by Gasteiger charge is -2.24. The zero-order chi connectivity index (χ0) is 20.0. The number of hydrogen-bond acceptors (Lipinski definition) is 4. The maximum atomic E-state index is 12.6. The van der Waals surface area contributed by atoms with Gasteiger partial charge >= 0.3 is 0 Å². The smallest absolute Gasteiger partial charge is 0.253 e. The molecule has 0 radical (unpaired) electrons. The Bertz CT molecular complexity index is 856. The summed E-state index contributed by atoms with van der Waals surface area (Å²) in [5.74, 6) is 0.664. The van der Waals surface area contributed by atoms with Crippen molar-refractivity contribution in [3.05, 3.63) is 52.2 Å². The van der Waals surface area contributed by atoms with Crippen molar-refractivity contribution >= 4 is 27.3 Å². The van der Waals surface area contributed by atoms with Crippen LogP contribution in [0.1, 0.15) is 53.8 Å². The van der Waals surface area contributed by atoms with Gasteiger partial charge in [0, 0.05) is 30.6 Å². The van der Waals surface area contributed by atoms with Gasteiger partial charge < -0.3 is 4.90 Å². The van der Waals surface area contributed by atoms with Gasteiger partial charge in [-0.05, 0) is 48.1 Å². The summed E-state index contributed by atoms with van der Waals surface area (Å²) >= 11 is 1.51. The minimum atomic E-state index is -3.59. The molecule has 1 aliphatic rings. The molecule has 1 aromatic heterocycles. The Balaban J connectivity index is 1.55. The number of sulfonamides is 1. The summed E-state index contributed by atoms with van der Waals surface area (Å²) in [6.07, 6.45) is 7.53. The van der Waals surface area contributed by atoms with E-state index in [0.717, 1.165) is 23.8 Å². The van der Waals surface area contributed by atoms with Gasteiger partial charge in [-0.1, -0.05) is 38.2 Å². The largest absolute Gasteiger partial charge is 0.342 e. The SMILES string of the molecule is CN(CCC1CCCCC1)C(=O)c1ccc(S(=O)(=O)NCc2cccs2)cc1. The third kappa shape index (κ3) is 5.65. The zero-order valence-corrected chi connectivity index (χ0v) is 17.9. The van der Waals surface area contributed by atoms with Crippen molar-refractivity contribution in [3.63, 3.8) is 0 Å². The van der Waals surface area contributed by atoms with E-state index in [2.05, 4.69) is 4.72 Å². The molecule has 0 spiro atoms. The average molecular weight is 421 g/mol. The van der Waals surface area contributed by atoms with E-state index in [4.69, 9.17) is 0 Å². The second-order valence-corrected chi connectivity index (χ2v) is 10.2. The van der Waals surface area contributed by atoms with Gasteiger partial charge in [0.05, 0.1) is 4.90 Å². The molecule has 2 aromatic rings. The van der Waals surface area contributed by atoms with Gasteiger partial charge in [0.25, 0.3) is 5.91 Å². The molecule has 0 saturated heterocycles. The lowest BCUT2D eigenvalue weighted by atomic mass is 9.87. The first-order valence-corrected chi connectivity index (χ1v) is 12.2. The molecule has 7 heteroatoms. The molecule has 0 unspecified atom stereocenters. The lowest BCUT2D eigenvalue weighted by Crippen LogP contribution is -2.29. The average Bonchev–Trinajstić information content (AvgIpc) is 3.25. The Labute approximate surface area is 171 Å². The molecule has 1 fully saturated rings. The Morgan fingerprint density at radius 1 is 1.14 bits per heavy atom. The van der Waals surface area contributed by atoms with Gasteiger partial charge in [-0.25, -0.2) is 13.1 Å². The predicted molar refractivity (Wildman–Crippen MR) is 113 cm³/mol. The summed E-state index contributed by atoms with van der Waals surface area (Å²) in [5.41, 5.74) is 0.517. The van der Waals surface area contributed by atoms with E-state index in [9.17, 15) is 13.2 Å². The molecule has 1 heterocycles. The van der Waals surface area contributed by atoms with Crippen LogP contribution in [-0.2, 0) is 16.6 Å². The normalized spacial score (nSPS) is 15.5. The van der Waals surface area contributed by atoms with E-state index in [0.29, 0.717) is 5.56 Å². The van der Waals surface area contributed by atoms with Crippen molar-refractivity contribution in [2.75, 3.05) is 13.6 Å². The Hall–Kier alpha value is -1.70. The molecule has 3 rings (SSSR count). The third-order valence-electron chi connectivity index (χ3n) is 5.37. The Morgan fingerprint density at radius 2 is 1.86 bits per heavy atom. The molecular weight excluding hydrogens is 392 g/mol. The van der Waals surface area contributed by atoms with Gasteiger partial charge in [0.15, 0.2) is 0 Å². The summed E-state index contributed by atoms with van der Waals surface area (Å²) in [5, 5.41) is 1.91. The first-order valence-electron chi connectivity index (χ1n) is 9.83. The molecule has 1 N–H and O–H groups in total. The molecule has 0 aliphatic heterocycles. The number of nitrogens with zero attached hydrogens (tertiary/aromatic N) is 1. The van der Waals surface area contributed by atoms with Gasteiger partial charge in [0.2, 0.25) is 10.0 Å². The number of hydrogen-bond donors (Lipinski definition) is 1. The fourth-order valence-electron chi connectivity index (χ4n) is 3.61. The second kappa shape index (κ2) is 9.67. The van der Waals surface area contributed by atoms with Crippen LogP contribution in [0.3, 0.4) is 0 Å². The molecule has 5 nitrogen and oxygen atoms in total. The van der Waals surface area contributed by atoms with E-state index in [1.807, 2.05) is 24.6 Å². The standard InChI is InChI=1S/C21H28N2O3S2/c1-23(14-13-17-6-3-2-4-7-17)21(24)18-9-11-20(12-10-18)28(25,26)22-16-19-8-5-15-27-19/h5,8-12,15,17,22H,2-4,6-7,13-14,16H2,1H3. The van der Waals surface area contributed by atoms with Crippen LogP contribution in [0.4, 0.5) is 0 Å². The van der Waals surface area contributed by atoms with Crippen LogP contribution in [0, 0.1) is 5.92 Å². The van der Waals surface area contributed by atoms with E-state index in [-0.39, 0.29) is 17.3 Å². The molecule has 1 aliphatic carbocycles. The van der Waals surface area contributed by atoms with Crippen LogP contribution < -0.4 is 4.72 Å². The summed E-state index contributed by atoms with van der Waals surface area (Å²) < 4.78 is 27.4. The lowest BCUT2D eigenvalue weighted by molar-refractivity contribution is 0.0783.